The monoisotopic (exact) mass is 292 g/mol. The first-order chi connectivity index (χ1) is 10.8. The van der Waals surface area contributed by atoms with Crippen LogP contribution in [0.4, 0.5) is 0 Å². The van der Waals surface area contributed by atoms with Gasteiger partial charge in [0.1, 0.15) is 6.54 Å². The third-order valence-electron chi connectivity index (χ3n) is 3.55. The lowest BCUT2D eigenvalue weighted by molar-refractivity contribution is -0.129. The molecule has 1 heterocycles. The Labute approximate surface area is 128 Å². The van der Waals surface area contributed by atoms with E-state index in [0.29, 0.717) is 0 Å². The third-order valence-corrected chi connectivity index (χ3v) is 3.55. The van der Waals surface area contributed by atoms with Crippen molar-refractivity contribution >= 4 is 5.91 Å². The minimum Gasteiger partial charge on any atom is -0.331 e. The van der Waals surface area contributed by atoms with Gasteiger partial charge in [0.2, 0.25) is 0 Å². The molecule has 110 valence electrons. The van der Waals surface area contributed by atoms with Gasteiger partial charge >= 0.3 is 0 Å². The molecule has 0 aliphatic heterocycles. The SMILES string of the molecule is O=C(Cn1c(-c2ccccc2)ccc1-c1ccccc1)NO. The second-order valence-electron chi connectivity index (χ2n) is 4.96. The molecule has 0 unspecified atom stereocenters. The molecule has 0 radical (unpaired) electrons. The van der Waals surface area contributed by atoms with Gasteiger partial charge in [-0.15, -0.1) is 0 Å². The zero-order valence-electron chi connectivity index (χ0n) is 11.9. The van der Waals surface area contributed by atoms with E-state index >= 15 is 0 Å². The summed E-state index contributed by atoms with van der Waals surface area (Å²) < 4.78 is 1.90. The number of carbonyl (C=O) groups is 1. The van der Waals surface area contributed by atoms with E-state index in [9.17, 15) is 4.79 Å². The van der Waals surface area contributed by atoms with Gasteiger partial charge in [-0.3, -0.25) is 10.0 Å². The molecule has 0 aliphatic rings. The molecule has 0 bridgehead atoms. The molecular formula is C18H16N2O2. The molecule has 2 N–H and O–H groups in total. The van der Waals surface area contributed by atoms with Crippen molar-refractivity contribution < 1.29 is 10.0 Å². The summed E-state index contributed by atoms with van der Waals surface area (Å²) in [5.74, 6) is -0.453. The van der Waals surface area contributed by atoms with Crippen molar-refractivity contribution in [2.24, 2.45) is 0 Å². The minimum atomic E-state index is -0.453. The minimum absolute atomic E-state index is 0.0535. The van der Waals surface area contributed by atoms with E-state index in [0.717, 1.165) is 22.5 Å². The zero-order valence-corrected chi connectivity index (χ0v) is 11.9. The molecule has 22 heavy (non-hydrogen) atoms. The molecule has 0 aliphatic carbocycles. The van der Waals surface area contributed by atoms with Gasteiger partial charge < -0.3 is 4.57 Å². The van der Waals surface area contributed by atoms with Gasteiger partial charge in [-0.2, -0.15) is 0 Å². The Hall–Kier alpha value is -2.85. The summed E-state index contributed by atoms with van der Waals surface area (Å²) in [6, 6.07) is 23.7. The highest BCUT2D eigenvalue weighted by molar-refractivity contribution is 5.78. The molecule has 0 saturated carbocycles. The quantitative estimate of drug-likeness (QED) is 0.572. The Bertz CT molecular complexity index is 707. The van der Waals surface area contributed by atoms with Crippen LogP contribution in [0, 0.1) is 0 Å². The number of aromatic nitrogens is 1. The molecule has 0 atom stereocenters. The number of carbonyl (C=O) groups excluding carboxylic acids is 1. The summed E-state index contributed by atoms with van der Waals surface area (Å²) in [5, 5.41) is 8.84. The average Bonchev–Trinajstić information content (AvgIpc) is 3.00. The Balaban J connectivity index is 2.12. The van der Waals surface area contributed by atoms with Crippen molar-refractivity contribution in [3.8, 4) is 22.5 Å². The standard InChI is InChI=1S/C18H16N2O2/c21-18(19-22)13-20-16(14-7-3-1-4-8-14)11-12-17(20)15-9-5-2-6-10-15/h1-12,22H,13H2,(H,19,21). The summed E-state index contributed by atoms with van der Waals surface area (Å²) in [6.07, 6.45) is 0. The van der Waals surface area contributed by atoms with Crippen molar-refractivity contribution in [1.29, 1.82) is 0 Å². The van der Waals surface area contributed by atoms with Gasteiger partial charge in [-0.05, 0) is 23.3 Å². The van der Waals surface area contributed by atoms with Crippen molar-refractivity contribution in [2.45, 2.75) is 6.54 Å². The van der Waals surface area contributed by atoms with Gasteiger partial charge in [0, 0.05) is 11.4 Å². The van der Waals surface area contributed by atoms with Crippen molar-refractivity contribution in [2.75, 3.05) is 0 Å². The molecule has 2 aromatic carbocycles. The topological polar surface area (TPSA) is 54.3 Å². The van der Waals surface area contributed by atoms with E-state index in [1.165, 1.54) is 0 Å². The molecule has 0 fully saturated rings. The molecule has 3 rings (SSSR count). The summed E-state index contributed by atoms with van der Waals surface area (Å²) in [4.78, 5) is 11.7. The van der Waals surface area contributed by atoms with Crippen LogP contribution in [-0.4, -0.2) is 15.7 Å². The number of benzene rings is 2. The van der Waals surface area contributed by atoms with Crippen LogP contribution in [0.15, 0.2) is 72.8 Å². The van der Waals surface area contributed by atoms with Crippen molar-refractivity contribution in [3.63, 3.8) is 0 Å². The number of nitrogens with one attached hydrogen (secondary N) is 1. The van der Waals surface area contributed by atoms with Crippen LogP contribution in [0.5, 0.6) is 0 Å². The molecule has 1 amide bonds. The van der Waals surface area contributed by atoms with Crippen molar-refractivity contribution in [1.82, 2.24) is 10.0 Å². The molecule has 0 spiro atoms. The van der Waals surface area contributed by atoms with Crippen LogP contribution in [0.3, 0.4) is 0 Å². The molecular weight excluding hydrogens is 276 g/mol. The summed E-state index contributed by atoms with van der Waals surface area (Å²) in [6.45, 7) is 0.0535. The van der Waals surface area contributed by atoms with Gasteiger partial charge in [-0.25, -0.2) is 5.48 Å². The highest BCUT2D eigenvalue weighted by Gasteiger charge is 2.14. The van der Waals surface area contributed by atoms with Crippen LogP contribution in [0.1, 0.15) is 0 Å². The van der Waals surface area contributed by atoms with E-state index in [1.807, 2.05) is 77.4 Å². The summed E-state index contributed by atoms with van der Waals surface area (Å²) in [5.41, 5.74) is 5.61. The van der Waals surface area contributed by atoms with E-state index in [-0.39, 0.29) is 6.54 Å². The maximum Gasteiger partial charge on any atom is 0.263 e. The first-order valence-corrected chi connectivity index (χ1v) is 7.03. The zero-order chi connectivity index (χ0) is 15.4. The first kappa shape index (κ1) is 14.1. The van der Waals surface area contributed by atoms with Crippen LogP contribution in [-0.2, 0) is 11.3 Å². The van der Waals surface area contributed by atoms with E-state index in [1.54, 1.807) is 5.48 Å². The first-order valence-electron chi connectivity index (χ1n) is 7.03. The lowest BCUT2D eigenvalue weighted by Crippen LogP contribution is -2.24. The maximum absolute atomic E-state index is 11.7. The highest BCUT2D eigenvalue weighted by atomic mass is 16.5. The molecule has 0 saturated heterocycles. The van der Waals surface area contributed by atoms with E-state index in [2.05, 4.69) is 0 Å². The number of hydrogen-bond donors (Lipinski definition) is 2. The average molecular weight is 292 g/mol. The predicted octanol–water partition coefficient (Wildman–Crippen LogP) is 3.33. The summed E-state index contributed by atoms with van der Waals surface area (Å²) in [7, 11) is 0. The Morgan fingerprint density at radius 3 is 1.68 bits per heavy atom. The molecule has 1 aromatic heterocycles. The van der Waals surface area contributed by atoms with Crippen molar-refractivity contribution in [3.05, 3.63) is 72.8 Å². The number of hydrogen-bond acceptors (Lipinski definition) is 2. The number of rotatable bonds is 4. The number of hydroxylamine groups is 1. The fraction of sp³-hybridized carbons (Fsp3) is 0.0556. The van der Waals surface area contributed by atoms with E-state index < -0.39 is 5.91 Å². The molecule has 4 heteroatoms. The Morgan fingerprint density at radius 2 is 1.27 bits per heavy atom. The largest absolute Gasteiger partial charge is 0.331 e. The van der Waals surface area contributed by atoms with Crippen LogP contribution in [0.2, 0.25) is 0 Å². The Kier molecular flexibility index (Phi) is 4.03. The molecule has 4 nitrogen and oxygen atoms in total. The van der Waals surface area contributed by atoms with Crippen LogP contribution < -0.4 is 5.48 Å². The second-order valence-corrected chi connectivity index (χ2v) is 4.96. The lowest BCUT2D eigenvalue weighted by Gasteiger charge is -2.13. The maximum atomic E-state index is 11.7. The Morgan fingerprint density at radius 1 is 0.818 bits per heavy atom. The predicted molar refractivity (Wildman–Crippen MR) is 85.2 cm³/mol. The van der Waals surface area contributed by atoms with Gasteiger partial charge in [0.05, 0.1) is 0 Å². The fourth-order valence-corrected chi connectivity index (χ4v) is 2.54. The third kappa shape index (κ3) is 2.77. The highest BCUT2D eigenvalue weighted by Crippen LogP contribution is 2.28. The fourth-order valence-electron chi connectivity index (χ4n) is 2.54. The van der Waals surface area contributed by atoms with E-state index in [4.69, 9.17) is 5.21 Å². The smallest absolute Gasteiger partial charge is 0.263 e. The number of nitrogens with zero attached hydrogens (tertiary/aromatic N) is 1. The van der Waals surface area contributed by atoms with Gasteiger partial charge in [-0.1, -0.05) is 60.7 Å². The lowest BCUT2D eigenvalue weighted by atomic mass is 10.1. The second kappa shape index (κ2) is 6.28. The number of amides is 1. The summed E-state index contributed by atoms with van der Waals surface area (Å²) >= 11 is 0. The van der Waals surface area contributed by atoms with Crippen LogP contribution >= 0.6 is 0 Å². The van der Waals surface area contributed by atoms with Gasteiger partial charge in [0.15, 0.2) is 0 Å². The molecule has 3 aromatic rings. The van der Waals surface area contributed by atoms with Gasteiger partial charge in [0.25, 0.3) is 5.91 Å². The normalized spacial score (nSPS) is 10.4. The van der Waals surface area contributed by atoms with Crippen LogP contribution in [0.25, 0.3) is 22.5 Å².